The Hall–Kier alpha value is -2.89. The van der Waals surface area contributed by atoms with Gasteiger partial charge in [0.25, 0.3) is 11.1 Å². The fourth-order valence-corrected chi connectivity index (χ4v) is 2.29. The predicted octanol–water partition coefficient (Wildman–Crippen LogP) is 1.60. The molecule has 1 aromatic carbocycles. The minimum Gasteiger partial charge on any atom is -0.497 e. The lowest BCUT2D eigenvalue weighted by Crippen LogP contribution is -2.20. The summed E-state index contributed by atoms with van der Waals surface area (Å²) < 4.78 is 5.11. The number of hydrogen-bond acceptors (Lipinski definition) is 4. The number of nitrogens with one attached hydrogen (secondary N) is 2. The first-order chi connectivity index (χ1) is 10.1. The summed E-state index contributed by atoms with van der Waals surface area (Å²) in [4.78, 5) is 28.1. The normalized spacial score (nSPS) is 10.8. The third-order valence-electron chi connectivity index (χ3n) is 3.35. The zero-order valence-corrected chi connectivity index (χ0v) is 11.6. The second-order valence-electron chi connectivity index (χ2n) is 4.65. The van der Waals surface area contributed by atoms with E-state index in [1.165, 1.54) is 0 Å². The summed E-state index contributed by atoms with van der Waals surface area (Å²) in [5.41, 5.74) is 1.31. The van der Waals surface area contributed by atoms with E-state index >= 15 is 0 Å². The average molecular weight is 283 g/mol. The number of aromatic nitrogens is 3. The average Bonchev–Trinajstić information content (AvgIpc) is 2.50. The lowest BCUT2D eigenvalue weighted by atomic mass is 10.1. The van der Waals surface area contributed by atoms with Crippen molar-refractivity contribution in [2.24, 2.45) is 0 Å². The van der Waals surface area contributed by atoms with Crippen LogP contribution < -0.4 is 15.9 Å². The van der Waals surface area contributed by atoms with Crippen molar-refractivity contribution in [2.75, 3.05) is 7.11 Å². The molecule has 0 amide bonds. The Morgan fingerprint density at radius 2 is 1.71 bits per heavy atom. The van der Waals surface area contributed by atoms with Crippen molar-refractivity contribution in [1.29, 1.82) is 0 Å². The minimum atomic E-state index is -0.351. The van der Waals surface area contributed by atoms with Gasteiger partial charge in [0.15, 0.2) is 0 Å². The highest BCUT2D eigenvalue weighted by Gasteiger charge is 2.10. The van der Waals surface area contributed by atoms with Crippen molar-refractivity contribution in [3.05, 3.63) is 56.7 Å². The van der Waals surface area contributed by atoms with Crippen molar-refractivity contribution in [1.82, 2.24) is 15.2 Å². The molecule has 106 valence electrons. The topological polar surface area (TPSA) is 87.8 Å². The van der Waals surface area contributed by atoms with Crippen LogP contribution in [0.15, 0.2) is 39.9 Å². The fraction of sp³-hybridized carbons (Fsp3) is 0.133. The van der Waals surface area contributed by atoms with Crippen LogP contribution in [0.5, 0.6) is 5.75 Å². The number of hydrogen-bond donors (Lipinski definition) is 2. The molecule has 0 fully saturated rings. The second kappa shape index (κ2) is 4.90. The standard InChI is InChI=1S/C15H13N3O3/c1-8-13-11(14(19)17-18-15(13)20)7-12(16-8)9-3-5-10(21-2)6-4-9/h3-7H,1-2H3,(H,17,19)(H,18,20). The van der Waals surface area contributed by atoms with Crippen LogP contribution in [0, 0.1) is 6.92 Å². The highest BCUT2D eigenvalue weighted by atomic mass is 16.5. The van der Waals surface area contributed by atoms with Crippen LogP contribution in [0.2, 0.25) is 0 Å². The Morgan fingerprint density at radius 3 is 2.38 bits per heavy atom. The van der Waals surface area contributed by atoms with Crippen molar-refractivity contribution in [3.8, 4) is 17.0 Å². The number of ether oxygens (including phenoxy) is 1. The number of rotatable bonds is 2. The van der Waals surface area contributed by atoms with Crippen molar-refractivity contribution < 1.29 is 4.74 Å². The monoisotopic (exact) mass is 283 g/mol. The van der Waals surface area contributed by atoms with Crippen LogP contribution in [0.4, 0.5) is 0 Å². The van der Waals surface area contributed by atoms with E-state index in [-0.39, 0.29) is 11.1 Å². The molecule has 0 bridgehead atoms. The molecule has 6 nitrogen and oxygen atoms in total. The van der Waals surface area contributed by atoms with E-state index in [9.17, 15) is 9.59 Å². The van der Waals surface area contributed by atoms with Crippen LogP contribution in [-0.4, -0.2) is 22.3 Å². The van der Waals surface area contributed by atoms with E-state index < -0.39 is 0 Å². The Bertz CT molecular complexity index is 924. The molecule has 0 atom stereocenters. The van der Waals surface area contributed by atoms with Gasteiger partial charge in [0, 0.05) is 5.56 Å². The maximum absolute atomic E-state index is 11.9. The Labute approximate surface area is 119 Å². The summed E-state index contributed by atoms with van der Waals surface area (Å²) >= 11 is 0. The molecule has 0 spiro atoms. The van der Waals surface area contributed by atoms with Gasteiger partial charge in [-0.25, -0.2) is 0 Å². The molecule has 6 heteroatoms. The molecular weight excluding hydrogens is 270 g/mol. The van der Waals surface area contributed by atoms with Crippen LogP contribution >= 0.6 is 0 Å². The molecule has 2 heterocycles. The number of methoxy groups -OCH3 is 1. The molecule has 3 rings (SSSR count). The summed E-state index contributed by atoms with van der Waals surface area (Å²) in [7, 11) is 1.60. The zero-order chi connectivity index (χ0) is 15.0. The lowest BCUT2D eigenvalue weighted by Gasteiger charge is -2.06. The maximum Gasteiger partial charge on any atom is 0.272 e. The summed E-state index contributed by atoms with van der Waals surface area (Å²) in [5.74, 6) is 0.741. The van der Waals surface area contributed by atoms with Crippen LogP contribution in [0.25, 0.3) is 22.0 Å². The number of benzene rings is 1. The van der Waals surface area contributed by atoms with E-state index in [4.69, 9.17) is 4.74 Å². The molecule has 2 N–H and O–H groups in total. The Morgan fingerprint density at radius 1 is 1.05 bits per heavy atom. The molecular formula is C15H13N3O3. The lowest BCUT2D eigenvalue weighted by molar-refractivity contribution is 0.415. The molecule has 0 radical (unpaired) electrons. The van der Waals surface area contributed by atoms with Crippen molar-refractivity contribution in [2.45, 2.75) is 6.92 Å². The summed E-state index contributed by atoms with van der Waals surface area (Å²) in [6, 6.07) is 8.97. The number of aromatic amines is 2. The van der Waals surface area contributed by atoms with E-state index in [0.29, 0.717) is 22.2 Å². The van der Waals surface area contributed by atoms with Crippen LogP contribution in [0.3, 0.4) is 0 Å². The molecule has 0 aliphatic rings. The van der Waals surface area contributed by atoms with E-state index in [0.717, 1.165) is 11.3 Å². The second-order valence-corrected chi connectivity index (χ2v) is 4.65. The third-order valence-corrected chi connectivity index (χ3v) is 3.35. The largest absolute Gasteiger partial charge is 0.497 e. The van der Waals surface area contributed by atoms with Gasteiger partial charge >= 0.3 is 0 Å². The molecule has 0 saturated heterocycles. The smallest absolute Gasteiger partial charge is 0.272 e. The number of H-pyrrole nitrogens is 2. The molecule has 3 aromatic rings. The molecule has 0 saturated carbocycles. The summed E-state index contributed by atoms with van der Waals surface area (Å²) in [6.45, 7) is 1.71. The number of fused-ring (bicyclic) bond motifs is 1. The predicted molar refractivity (Wildman–Crippen MR) is 79.7 cm³/mol. The van der Waals surface area contributed by atoms with Crippen LogP contribution in [-0.2, 0) is 0 Å². The minimum absolute atomic E-state index is 0.316. The van der Waals surface area contributed by atoms with Gasteiger partial charge in [-0.05, 0) is 37.3 Å². The third kappa shape index (κ3) is 2.20. The summed E-state index contributed by atoms with van der Waals surface area (Å²) in [5, 5.41) is 5.28. The van der Waals surface area contributed by atoms with Gasteiger partial charge in [0.2, 0.25) is 0 Å². The molecule has 2 aromatic heterocycles. The van der Waals surface area contributed by atoms with E-state index in [2.05, 4.69) is 15.2 Å². The van der Waals surface area contributed by atoms with Gasteiger partial charge in [-0.3, -0.25) is 24.8 Å². The van der Waals surface area contributed by atoms with Gasteiger partial charge in [-0.2, -0.15) is 0 Å². The Kier molecular flexibility index (Phi) is 3.06. The van der Waals surface area contributed by atoms with Crippen LogP contribution in [0.1, 0.15) is 5.69 Å². The molecule has 0 aliphatic carbocycles. The van der Waals surface area contributed by atoms with Crippen molar-refractivity contribution >= 4 is 10.8 Å². The first-order valence-corrected chi connectivity index (χ1v) is 6.37. The Balaban J connectivity index is 2.27. The first-order valence-electron chi connectivity index (χ1n) is 6.37. The highest BCUT2D eigenvalue weighted by Crippen LogP contribution is 2.23. The number of aryl methyl sites for hydroxylation is 1. The van der Waals surface area contributed by atoms with E-state index in [1.54, 1.807) is 20.1 Å². The zero-order valence-electron chi connectivity index (χ0n) is 11.6. The van der Waals surface area contributed by atoms with Gasteiger partial charge < -0.3 is 4.74 Å². The molecule has 0 aliphatic heterocycles. The maximum atomic E-state index is 11.9. The van der Waals surface area contributed by atoms with E-state index in [1.807, 2.05) is 24.3 Å². The number of nitrogens with zero attached hydrogens (tertiary/aromatic N) is 1. The quantitative estimate of drug-likeness (QED) is 0.747. The molecule has 0 unspecified atom stereocenters. The highest BCUT2D eigenvalue weighted by molar-refractivity contribution is 5.86. The summed E-state index contributed by atoms with van der Waals surface area (Å²) in [6.07, 6.45) is 0. The van der Waals surface area contributed by atoms with Crippen molar-refractivity contribution in [3.63, 3.8) is 0 Å². The molecule has 21 heavy (non-hydrogen) atoms. The van der Waals surface area contributed by atoms with Gasteiger partial charge in [-0.1, -0.05) is 0 Å². The number of pyridine rings is 1. The first kappa shape index (κ1) is 13.1. The van der Waals surface area contributed by atoms with Gasteiger partial charge in [0.05, 0.1) is 29.3 Å². The SMILES string of the molecule is COc1ccc(-c2cc3c(=O)[nH][nH]c(=O)c3c(C)n2)cc1. The fourth-order valence-electron chi connectivity index (χ4n) is 2.29. The van der Waals surface area contributed by atoms with Gasteiger partial charge in [-0.15, -0.1) is 0 Å². The van der Waals surface area contributed by atoms with Gasteiger partial charge in [0.1, 0.15) is 5.75 Å².